The summed E-state index contributed by atoms with van der Waals surface area (Å²) in [5.74, 6) is 0.584. The van der Waals surface area contributed by atoms with Gasteiger partial charge in [-0.25, -0.2) is 9.37 Å². The number of ether oxygens (including phenoxy) is 2. The number of para-hydroxylation sites is 1. The normalized spacial score (nSPS) is 18.8. The second kappa shape index (κ2) is 8.89. The molecule has 4 rings (SSSR count). The lowest BCUT2D eigenvalue weighted by molar-refractivity contribution is 0.0371. The molecule has 3 heterocycles. The van der Waals surface area contributed by atoms with Gasteiger partial charge in [-0.1, -0.05) is 12.1 Å². The van der Waals surface area contributed by atoms with Gasteiger partial charge in [0.15, 0.2) is 0 Å². The number of alkyl halides is 1. The summed E-state index contributed by atoms with van der Waals surface area (Å²) >= 11 is 0. The fourth-order valence-corrected chi connectivity index (χ4v) is 3.56. The van der Waals surface area contributed by atoms with Crippen LogP contribution in [0.15, 0.2) is 55.0 Å². The van der Waals surface area contributed by atoms with Crippen LogP contribution in [0.4, 0.5) is 4.39 Å². The van der Waals surface area contributed by atoms with Crippen molar-refractivity contribution in [3.63, 3.8) is 0 Å². The van der Waals surface area contributed by atoms with Crippen molar-refractivity contribution >= 4 is 5.91 Å². The van der Waals surface area contributed by atoms with Gasteiger partial charge in [-0.05, 0) is 38.0 Å². The molecule has 0 saturated carbocycles. The highest BCUT2D eigenvalue weighted by molar-refractivity contribution is 5.98. The van der Waals surface area contributed by atoms with E-state index in [1.807, 2.05) is 25.1 Å². The molecule has 0 bridgehead atoms. The highest BCUT2D eigenvalue weighted by Gasteiger charge is 2.32. The molecule has 30 heavy (non-hydrogen) atoms. The van der Waals surface area contributed by atoms with Gasteiger partial charge in [-0.15, -0.1) is 0 Å². The molecule has 1 fully saturated rings. The Morgan fingerprint density at radius 1 is 1.17 bits per heavy atom. The van der Waals surface area contributed by atoms with E-state index < -0.39 is 6.86 Å². The number of benzene rings is 1. The molecule has 1 aromatic carbocycles. The third kappa shape index (κ3) is 4.24. The average molecular weight is 411 g/mol. The number of likely N-dealkylation sites (tertiary alicyclic amines) is 1. The minimum absolute atomic E-state index is 0.0603. The minimum Gasteiger partial charge on any atom is -0.472 e. The molecule has 2 aromatic heterocycles. The van der Waals surface area contributed by atoms with Crippen molar-refractivity contribution < 1.29 is 18.7 Å². The molecule has 0 radical (unpaired) electrons. The highest BCUT2D eigenvalue weighted by Crippen LogP contribution is 2.26. The molecule has 8 nitrogen and oxygen atoms in total. The zero-order valence-electron chi connectivity index (χ0n) is 16.5. The number of carbonyl (C=O) groups excluding carboxylic acids is 1. The van der Waals surface area contributed by atoms with E-state index >= 15 is 0 Å². The summed E-state index contributed by atoms with van der Waals surface area (Å²) in [6.07, 6.45) is 5.99. The summed E-state index contributed by atoms with van der Waals surface area (Å²) in [4.78, 5) is 20.8. The Bertz CT molecular complexity index is 998. The molecule has 3 aromatic rings. The molecule has 1 aliphatic heterocycles. The second-order valence-electron chi connectivity index (χ2n) is 7.04. The molecular weight excluding hydrogens is 389 g/mol. The van der Waals surface area contributed by atoms with Crippen LogP contribution in [-0.2, 0) is 0 Å². The maximum absolute atomic E-state index is 13.4. The summed E-state index contributed by atoms with van der Waals surface area (Å²) in [5, 5.41) is 8.30. The number of amides is 1. The molecule has 1 saturated heterocycles. The Kier molecular flexibility index (Phi) is 5.87. The Balaban J connectivity index is 1.52. The molecule has 9 heteroatoms. The van der Waals surface area contributed by atoms with Gasteiger partial charge in [0.1, 0.15) is 11.9 Å². The predicted molar refractivity (Wildman–Crippen MR) is 106 cm³/mol. The third-order valence-corrected chi connectivity index (χ3v) is 5.08. The van der Waals surface area contributed by atoms with Crippen LogP contribution >= 0.6 is 0 Å². The van der Waals surface area contributed by atoms with Crippen LogP contribution in [0.2, 0.25) is 0 Å². The largest absolute Gasteiger partial charge is 0.472 e. The van der Waals surface area contributed by atoms with Gasteiger partial charge in [0.25, 0.3) is 5.91 Å². The first kappa shape index (κ1) is 19.8. The first-order chi connectivity index (χ1) is 14.7. The summed E-state index contributed by atoms with van der Waals surface area (Å²) in [6.45, 7) is 1.52. The lowest BCUT2D eigenvalue weighted by atomic mass is 9.99. The Hall–Kier alpha value is -3.49. The lowest BCUT2D eigenvalue weighted by Crippen LogP contribution is -2.49. The van der Waals surface area contributed by atoms with Gasteiger partial charge >= 0.3 is 0 Å². The van der Waals surface area contributed by atoms with Gasteiger partial charge in [0.05, 0.1) is 30.2 Å². The Morgan fingerprint density at radius 3 is 2.77 bits per heavy atom. The number of aromatic nitrogens is 4. The zero-order chi connectivity index (χ0) is 20.9. The van der Waals surface area contributed by atoms with E-state index in [1.165, 1.54) is 11.0 Å². The van der Waals surface area contributed by atoms with E-state index in [2.05, 4.69) is 15.2 Å². The summed E-state index contributed by atoms with van der Waals surface area (Å²) in [5.41, 5.74) is 1.15. The topological polar surface area (TPSA) is 82.4 Å². The predicted octanol–water partition coefficient (Wildman–Crippen LogP) is 3.04. The van der Waals surface area contributed by atoms with Crippen LogP contribution in [0.25, 0.3) is 5.69 Å². The summed E-state index contributed by atoms with van der Waals surface area (Å²) in [7, 11) is 0. The maximum atomic E-state index is 13.4. The van der Waals surface area contributed by atoms with E-state index in [9.17, 15) is 9.18 Å². The van der Waals surface area contributed by atoms with Crippen LogP contribution in [0.1, 0.15) is 30.1 Å². The molecule has 0 aliphatic carbocycles. The molecule has 0 N–H and O–H groups in total. The van der Waals surface area contributed by atoms with Gasteiger partial charge in [-0.3, -0.25) is 4.79 Å². The quantitative estimate of drug-likeness (QED) is 0.620. The van der Waals surface area contributed by atoms with Crippen LogP contribution in [0.5, 0.6) is 11.6 Å². The monoisotopic (exact) mass is 411 g/mol. The zero-order valence-corrected chi connectivity index (χ0v) is 16.5. The van der Waals surface area contributed by atoms with Crippen molar-refractivity contribution in [2.24, 2.45) is 0 Å². The van der Waals surface area contributed by atoms with Gasteiger partial charge in [0, 0.05) is 18.3 Å². The van der Waals surface area contributed by atoms with E-state index in [1.54, 1.807) is 35.5 Å². The minimum atomic E-state index is -0.919. The summed E-state index contributed by atoms with van der Waals surface area (Å²) < 4.78 is 23.2. The lowest BCUT2D eigenvalue weighted by Gasteiger charge is -2.38. The average Bonchev–Trinajstić information content (AvgIpc) is 3.30. The molecule has 2 atom stereocenters. The van der Waals surface area contributed by atoms with Crippen molar-refractivity contribution in [2.75, 3.05) is 13.4 Å². The highest BCUT2D eigenvalue weighted by atomic mass is 19.1. The van der Waals surface area contributed by atoms with E-state index in [4.69, 9.17) is 9.47 Å². The maximum Gasteiger partial charge on any atom is 0.256 e. The first-order valence-electron chi connectivity index (χ1n) is 9.74. The molecule has 156 valence electrons. The number of halogens is 1. The number of carbonyl (C=O) groups is 1. The van der Waals surface area contributed by atoms with E-state index in [-0.39, 0.29) is 18.1 Å². The molecule has 1 amide bonds. The Labute approximate surface area is 173 Å². The van der Waals surface area contributed by atoms with Crippen LogP contribution < -0.4 is 9.47 Å². The first-order valence-corrected chi connectivity index (χ1v) is 9.74. The Morgan fingerprint density at radius 2 is 1.97 bits per heavy atom. The van der Waals surface area contributed by atoms with Crippen molar-refractivity contribution in [2.45, 2.75) is 31.9 Å². The van der Waals surface area contributed by atoms with Crippen LogP contribution in [0, 0.1) is 0 Å². The third-order valence-electron chi connectivity index (χ3n) is 5.08. The van der Waals surface area contributed by atoms with Crippen molar-refractivity contribution in [1.29, 1.82) is 0 Å². The smallest absolute Gasteiger partial charge is 0.256 e. The van der Waals surface area contributed by atoms with Gasteiger partial charge < -0.3 is 14.4 Å². The number of rotatable bonds is 6. The number of hydrogen-bond donors (Lipinski definition) is 0. The van der Waals surface area contributed by atoms with Crippen LogP contribution in [-0.4, -0.2) is 56.3 Å². The van der Waals surface area contributed by atoms with Gasteiger partial charge in [-0.2, -0.15) is 15.0 Å². The van der Waals surface area contributed by atoms with Crippen molar-refractivity contribution in [3.8, 4) is 17.3 Å². The number of pyridine rings is 1. The molecule has 1 aliphatic rings. The summed E-state index contributed by atoms with van der Waals surface area (Å²) in [6, 6.07) is 10.4. The van der Waals surface area contributed by atoms with E-state index in [0.29, 0.717) is 29.4 Å². The fourth-order valence-electron chi connectivity index (χ4n) is 3.56. The number of nitrogens with zero attached hydrogens (tertiary/aromatic N) is 5. The SMILES string of the molecule is CC1CCC(Oc2cc(OCF)ccn2)CN1C(=O)c1ccccc1-n1nccn1. The molecule has 2 unspecified atom stereocenters. The van der Waals surface area contributed by atoms with E-state index in [0.717, 1.165) is 12.8 Å². The van der Waals surface area contributed by atoms with Crippen LogP contribution in [0.3, 0.4) is 0 Å². The van der Waals surface area contributed by atoms with Crippen molar-refractivity contribution in [3.05, 3.63) is 60.6 Å². The standard InChI is InChI=1S/C21H22FN5O3/c1-15-6-7-17(30-20-12-16(29-14-22)8-9-23-20)13-26(15)21(28)18-4-2-3-5-19(18)27-24-10-11-25-27/h2-5,8-12,15,17H,6-7,13-14H2,1H3. The van der Waals surface area contributed by atoms with Crippen molar-refractivity contribution in [1.82, 2.24) is 24.9 Å². The molecular formula is C21H22FN5O3. The number of hydrogen-bond acceptors (Lipinski definition) is 6. The number of piperidine rings is 1. The van der Waals surface area contributed by atoms with Gasteiger partial charge in [0.2, 0.25) is 12.7 Å². The molecule has 0 spiro atoms. The second-order valence-corrected chi connectivity index (χ2v) is 7.04. The fraction of sp³-hybridized carbons (Fsp3) is 0.333.